The lowest BCUT2D eigenvalue weighted by Gasteiger charge is -2.33. The Morgan fingerprint density at radius 3 is 2.80 bits per heavy atom. The third-order valence-electron chi connectivity index (χ3n) is 4.59. The first-order chi connectivity index (χ1) is 9.36. The van der Waals surface area contributed by atoms with Crippen molar-refractivity contribution in [3.8, 4) is 11.3 Å². The van der Waals surface area contributed by atoms with Gasteiger partial charge >= 0.3 is 0 Å². The lowest BCUT2D eigenvalue weighted by molar-refractivity contribution is 0.239. The molecule has 4 nitrogen and oxygen atoms in total. The molecule has 4 rings (SSSR count). The molecule has 2 aromatic heterocycles. The molecule has 0 aromatic carbocycles. The maximum absolute atomic E-state index is 5.09. The van der Waals surface area contributed by atoms with Crippen LogP contribution in [0.4, 0.5) is 0 Å². The summed E-state index contributed by atoms with van der Waals surface area (Å²) >= 11 is 0. The molecule has 106 valence electrons. The SMILES string of the molecule is Cl.c1cc(-c2ccc([C@@]34CCCN(CC3)C4)nn2)co1. The van der Waals surface area contributed by atoms with Gasteiger partial charge in [0.15, 0.2) is 0 Å². The van der Waals surface area contributed by atoms with E-state index in [0.29, 0.717) is 0 Å². The summed E-state index contributed by atoms with van der Waals surface area (Å²) in [5, 5.41) is 8.89. The molecule has 4 heterocycles. The van der Waals surface area contributed by atoms with Crippen molar-refractivity contribution < 1.29 is 4.42 Å². The normalized spacial score (nSPS) is 28.1. The molecule has 5 heteroatoms. The maximum atomic E-state index is 5.09. The molecule has 2 aromatic rings. The summed E-state index contributed by atoms with van der Waals surface area (Å²) in [5.74, 6) is 0. The monoisotopic (exact) mass is 291 g/mol. The largest absolute Gasteiger partial charge is 0.472 e. The highest BCUT2D eigenvalue weighted by Crippen LogP contribution is 2.41. The zero-order valence-electron chi connectivity index (χ0n) is 11.3. The first-order valence-electron chi connectivity index (χ1n) is 6.95. The van der Waals surface area contributed by atoms with Gasteiger partial charge in [0.25, 0.3) is 0 Å². The maximum Gasteiger partial charge on any atom is 0.0997 e. The molecule has 2 saturated heterocycles. The van der Waals surface area contributed by atoms with Gasteiger partial charge in [0.1, 0.15) is 0 Å². The van der Waals surface area contributed by atoms with E-state index in [2.05, 4.69) is 27.2 Å². The molecular weight excluding hydrogens is 274 g/mol. The van der Waals surface area contributed by atoms with Crippen LogP contribution >= 0.6 is 12.4 Å². The smallest absolute Gasteiger partial charge is 0.0997 e. The molecule has 2 aliphatic heterocycles. The van der Waals surface area contributed by atoms with Crippen molar-refractivity contribution in [1.29, 1.82) is 0 Å². The van der Waals surface area contributed by atoms with Crippen LogP contribution in [0.25, 0.3) is 11.3 Å². The lowest BCUT2D eigenvalue weighted by Crippen LogP contribution is -2.37. The topological polar surface area (TPSA) is 42.2 Å². The summed E-state index contributed by atoms with van der Waals surface area (Å²) in [6, 6.07) is 6.14. The third kappa shape index (κ3) is 2.13. The highest BCUT2D eigenvalue weighted by molar-refractivity contribution is 5.85. The van der Waals surface area contributed by atoms with Crippen LogP contribution in [0.2, 0.25) is 0 Å². The van der Waals surface area contributed by atoms with Crippen LogP contribution in [0.15, 0.2) is 35.1 Å². The van der Waals surface area contributed by atoms with Crippen molar-refractivity contribution in [2.45, 2.75) is 24.7 Å². The van der Waals surface area contributed by atoms with Gasteiger partial charge < -0.3 is 9.32 Å². The zero-order chi connectivity index (χ0) is 12.7. The van der Waals surface area contributed by atoms with E-state index in [9.17, 15) is 0 Å². The number of aromatic nitrogens is 2. The van der Waals surface area contributed by atoms with Crippen molar-refractivity contribution in [2.24, 2.45) is 0 Å². The van der Waals surface area contributed by atoms with Crippen molar-refractivity contribution in [2.75, 3.05) is 19.6 Å². The average Bonchev–Trinajstić information content (AvgIpc) is 3.09. The van der Waals surface area contributed by atoms with Gasteiger partial charge in [-0.15, -0.1) is 12.4 Å². The number of piperidine rings is 1. The van der Waals surface area contributed by atoms with Crippen LogP contribution in [0.3, 0.4) is 0 Å². The molecule has 0 amide bonds. The van der Waals surface area contributed by atoms with Gasteiger partial charge in [-0.2, -0.15) is 10.2 Å². The predicted octanol–water partition coefficient (Wildman–Crippen LogP) is 2.90. The summed E-state index contributed by atoms with van der Waals surface area (Å²) in [7, 11) is 0. The van der Waals surface area contributed by atoms with Crippen LogP contribution < -0.4 is 0 Å². The molecule has 0 aliphatic carbocycles. The fourth-order valence-electron chi connectivity index (χ4n) is 3.51. The number of nitrogens with zero attached hydrogens (tertiary/aromatic N) is 3. The number of hydrogen-bond acceptors (Lipinski definition) is 4. The summed E-state index contributed by atoms with van der Waals surface area (Å²) in [6.07, 6.45) is 7.14. The summed E-state index contributed by atoms with van der Waals surface area (Å²) in [4.78, 5) is 2.55. The van der Waals surface area contributed by atoms with E-state index in [-0.39, 0.29) is 17.8 Å². The second-order valence-corrected chi connectivity index (χ2v) is 5.73. The Bertz CT molecular complexity index is 565. The van der Waals surface area contributed by atoms with Crippen LogP contribution in [0.1, 0.15) is 25.0 Å². The molecule has 2 bridgehead atoms. The van der Waals surface area contributed by atoms with Gasteiger partial charge in [-0.25, -0.2) is 0 Å². The van der Waals surface area contributed by atoms with E-state index in [0.717, 1.165) is 17.8 Å². The van der Waals surface area contributed by atoms with Crippen molar-refractivity contribution in [3.63, 3.8) is 0 Å². The Balaban J connectivity index is 0.00000121. The minimum absolute atomic E-state index is 0. The first-order valence-corrected chi connectivity index (χ1v) is 6.95. The van der Waals surface area contributed by atoms with E-state index < -0.39 is 0 Å². The zero-order valence-corrected chi connectivity index (χ0v) is 12.1. The Morgan fingerprint density at radius 2 is 2.05 bits per heavy atom. The van der Waals surface area contributed by atoms with Gasteiger partial charge in [-0.1, -0.05) is 0 Å². The molecule has 0 spiro atoms. The van der Waals surface area contributed by atoms with E-state index >= 15 is 0 Å². The van der Waals surface area contributed by atoms with Crippen LogP contribution in [0.5, 0.6) is 0 Å². The third-order valence-corrected chi connectivity index (χ3v) is 4.59. The van der Waals surface area contributed by atoms with Crippen LogP contribution in [0, 0.1) is 0 Å². The minimum Gasteiger partial charge on any atom is -0.472 e. The second kappa shape index (κ2) is 5.19. The molecule has 2 fully saturated rings. The van der Waals surface area contributed by atoms with Gasteiger partial charge in [0.05, 0.1) is 23.9 Å². The Kier molecular flexibility index (Phi) is 3.52. The standard InChI is InChI=1S/C15H17N3O.ClH/c1-5-15(6-8-18(7-1)11-15)14-3-2-13(16-17-14)12-4-9-19-10-12;/h2-4,9-10H,1,5-8,11H2;1H/t15-;/m0./s1. The number of hydrogen-bond donors (Lipinski definition) is 0. The molecule has 20 heavy (non-hydrogen) atoms. The predicted molar refractivity (Wildman–Crippen MR) is 79.0 cm³/mol. The molecule has 0 radical (unpaired) electrons. The first kappa shape index (κ1) is 13.6. The number of rotatable bonds is 2. The van der Waals surface area contributed by atoms with Crippen molar-refractivity contribution in [3.05, 3.63) is 36.4 Å². The quantitative estimate of drug-likeness (QED) is 0.853. The van der Waals surface area contributed by atoms with Crippen LogP contribution in [-0.2, 0) is 5.41 Å². The summed E-state index contributed by atoms with van der Waals surface area (Å²) in [5.41, 5.74) is 3.31. The Hall–Kier alpha value is -1.39. The van der Waals surface area contributed by atoms with Gasteiger partial charge in [-0.05, 0) is 50.6 Å². The Morgan fingerprint density at radius 1 is 1.10 bits per heavy atom. The summed E-state index contributed by atoms with van der Waals surface area (Å²) < 4.78 is 5.09. The van der Waals surface area contributed by atoms with Gasteiger partial charge in [0, 0.05) is 17.5 Å². The Labute approximate surface area is 124 Å². The highest BCUT2D eigenvalue weighted by Gasteiger charge is 2.43. The molecule has 2 atom stereocenters. The van der Waals surface area contributed by atoms with E-state index in [1.807, 2.05) is 6.07 Å². The number of halogens is 1. The molecular formula is C15H18ClN3O. The van der Waals surface area contributed by atoms with E-state index in [1.165, 1.54) is 38.0 Å². The minimum atomic E-state index is 0. The van der Waals surface area contributed by atoms with Gasteiger partial charge in [0.2, 0.25) is 0 Å². The molecule has 0 saturated carbocycles. The average molecular weight is 292 g/mol. The van der Waals surface area contributed by atoms with E-state index in [1.54, 1.807) is 12.5 Å². The fourth-order valence-corrected chi connectivity index (χ4v) is 3.51. The molecule has 2 aliphatic rings. The summed E-state index contributed by atoms with van der Waals surface area (Å²) in [6.45, 7) is 3.63. The lowest BCUT2D eigenvalue weighted by atomic mass is 9.78. The van der Waals surface area contributed by atoms with Crippen LogP contribution in [-0.4, -0.2) is 34.7 Å². The van der Waals surface area contributed by atoms with Gasteiger partial charge in [-0.3, -0.25) is 0 Å². The molecule has 0 N–H and O–H groups in total. The number of fused-ring (bicyclic) bond motifs is 2. The number of furan rings is 1. The van der Waals surface area contributed by atoms with Crippen molar-refractivity contribution >= 4 is 12.4 Å². The fraction of sp³-hybridized carbons (Fsp3) is 0.467. The highest BCUT2D eigenvalue weighted by atomic mass is 35.5. The second-order valence-electron chi connectivity index (χ2n) is 5.73. The van der Waals surface area contributed by atoms with E-state index in [4.69, 9.17) is 4.42 Å². The molecule has 1 unspecified atom stereocenters. The van der Waals surface area contributed by atoms with Crippen molar-refractivity contribution in [1.82, 2.24) is 15.1 Å².